The first kappa shape index (κ1) is 10.5. The van der Waals surface area contributed by atoms with Crippen molar-refractivity contribution in [2.45, 2.75) is 32.8 Å². The van der Waals surface area contributed by atoms with Crippen LogP contribution < -0.4 is 5.32 Å². The molecule has 0 aromatic carbocycles. The number of hydrogen-bond donors (Lipinski definition) is 2. The number of allylic oxidation sites excluding steroid dienone is 1. The minimum absolute atomic E-state index is 0.209. The molecule has 0 aliphatic rings. The van der Waals surface area contributed by atoms with Crippen LogP contribution in [0.4, 0.5) is 0 Å². The Morgan fingerprint density at radius 3 is 2.45 bits per heavy atom. The molecule has 2 atom stereocenters. The molecule has 0 aromatic heterocycles. The number of hydrogen-bond acceptors (Lipinski definition) is 2. The van der Waals surface area contributed by atoms with Crippen molar-refractivity contribution < 1.29 is 5.11 Å². The van der Waals surface area contributed by atoms with Crippen molar-refractivity contribution >= 4 is 0 Å². The Kier molecular flexibility index (Phi) is 4.95. The predicted octanol–water partition coefficient (Wildman–Crippen LogP) is 1.52. The van der Waals surface area contributed by atoms with E-state index in [1.54, 1.807) is 0 Å². The minimum atomic E-state index is -0.209. The highest BCUT2D eigenvalue weighted by atomic mass is 16.3. The average Bonchev–Trinajstić information content (AvgIpc) is 1.99. The number of rotatable bonds is 5. The van der Waals surface area contributed by atoms with Crippen LogP contribution in [0.3, 0.4) is 0 Å². The van der Waals surface area contributed by atoms with E-state index < -0.39 is 0 Å². The summed E-state index contributed by atoms with van der Waals surface area (Å²) in [4.78, 5) is 0. The van der Waals surface area contributed by atoms with Gasteiger partial charge in [0.15, 0.2) is 0 Å². The molecule has 2 nitrogen and oxygen atoms in total. The highest BCUT2D eigenvalue weighted by molar-refractivity contribution is 4.89. The summed E-state index contributed by atoms with van der Waals surface area (Å²) in [6.07, 6.45) is 1.74. The van der Waals surface area contributed by atoms with E-state index >= 15 is 0 Å². The molecule has 0 heterocycles. The monoisotopic (exact) mass is 157 g/mol. The van der Waals surface area contributed by atoms with Crippen molar-refractivity contribution in [3.63, 3.8) is 0 Å². The second-order valence-corrected chi connectivity index (χ2v) is 3.11. The van der Waals surface area contributed by atoms with E-state index in [4.69, 9.17) is 5.11 Å². The van der Waals surface area contributed by atoms with Gasteiger partial charge in [-0.05, 0) is 25.7 Å². The largest absolute Gasteiger partial charge is 0.393 e. The molecule has 0 spiro atoms. The molecule has 11 heavy (non-hydrogen) atoms. The topological polar surface area (TPSA) is 32.3 Å². The zero-order valence-corrected chi connectivity index (χ0v) is 7.72. The first-order valence-corrected chi connectivity index (χ1v) is 4.11. The van der Waals surface area contributed by atoms with E-state index in [0.717, 1.165) is 18.5 Å². The molecule has 2 heteroatoms. The van der Waals surface area contributed by atoms with Crippen molar-refractivity contribution in [1.29, 1.82) is 0 Å². The zero-order chi connectivity index (χ0) is 8.85. The maximum atomic E-state index is 9.16. The minimum Gasteiger partial charge on any atom is -0.393 e. The van der Waals surface area contributed by atoms with E-state index in [0.29, 0.717) is 5.92 Å². The number of aliphatic hydroxyl groups is 1. The Morgan fingerprint density at radius 2 is 2.09 bits per heavy atom. The van der Waals surface area contributed by atoms with Gasteiger partial charge in [-0.3, -0.25) is 0 Å². The third kappa shape index (κ3) is 4.85. The van der Waals surface area contributed by atoms with E-state index in [1.807, 2.05) is 20.9 Å². The third-order valence-electron chi connectivity index (χ3n) is 2.08. The fraction of sp³-hybridized carbons (Fsp3) is 0.778. The lowest BCUT2D eigenvalue weighted by atomic mass is 9.99. The molecule has 0 saturated heterocycles. The van der Waals surface area contributed by atoms with Gasteiger partial charge in [0.05, 0.1) is 6.10 Å². The standard InChI is InChI=1S/C9H19NO/c1-7(9(3)11)5-6-8(2)10-4/h7,9-11H,2,5-6H2,1,3-4H3. The molecular weight excluding hydrogens is 138 g/mol. The van der Waals surface area contributed by atoms with Gasteiger partial charge in [0.1, 0.15) is 0 Å². The summed E-state index contributed by atoms with van der Waals surface area (Å²) in [5, 5.41) is 12.1. The second kappa shape index (κ2) is 5.19. The molecule has 0 bridgehead atoms. The van der Waals surface area contributed by atoms with E-state index in [9.17, 15) is 0 Å². The molecule has 2 N–H and O–H groups in total. The van der Waals surface area contributed by atoms with Crippen molar-refractivity contribution in [3.05, 3.63) is 12.3 Å². The Hall–Kier alpha value is -0.500. The van der Waals surface area contributed by atoms with Crippen molar-refractivity contribution in [2.24, 2.45) is 5.92 Å². The lowest BCUT2D eigenvalue weighted by molar-refractivity contribution is 0.130. The molecule has 0 aliphatic heterocycles. The fourth-order valence-corrected chi connectivity index (χ4v) is 0.768. The Morgan fingerprint density at radius 1 is 1.55 bits per heavy atom. The van der Waals surface area contributed by atoms with Gasteiger partial charge < -0.3 is 10.4 Å². The van der Waals surface area contributed by atoms with E-state index in [2.05, 4.69) is 11.9 Å². The molecule has 0 saturated carbocycles. The normalized spacial score (nSPS) is 15.6. The van der Waals surface area contributed by atoms with E-state index in [1.165, 1.54) is 0 Å². The van der Waals surface area contributed by atoms with E-state index in [-0.39, 0.29) is 6.10 Å². The Bertz CT molecular complexity index is 121. The number of nitrogens with one attached hydrogen (secondary N) is 1. The smallest absolute Gasteiger partial charge is 0.0537 e. The number of aliphatic hydroxyl groups excluding tert-OH is 1. The van der Waals surface area contributed by atoms with Crippen LogP contribution in [-0.4, -0.2) is 18.3 Å². The highest BCUT2D eigenvalue weighted by Gasteiger charge is 2.07. The van der Waals surface area contributed by atoms with Crippen LogP contribution in [-0.2, 0) is 0 Å². The van der Waals surface area contributed by atoms with Gasteiger partial charge >= 0.3 is 0 Å². The van der Waals surface area contributed by atoms with Crippen LogP contribution in [0.5, 0.6) is 0 Å². The summed E-state index contributed by atoms with van der Waals surface area (Å²) in [7, 11) is 1.87. The summed E-state index contributed by atoms with van der Waals surface area (Å²) in [5.74, 6) is 0.361. The van der Waals surface area contributed by atoms with Crippen molar-refractivity contribution in [1.82, 2.24) is 5.32 Å². The fourth-order valence-electron chi connectivity index (χ4n) is 0.768. The lowest BCUT2D eigenvalue weighted by Crippen LogP contribution is -2.14. The quantitative estimate of drug-likeness (QED) is 0.634. The van der Waals surface area contributed by atoms with Gasteiger partial charge in [0, 0.05) is 12.7 Å². The summed E-state index contributed by atoms with van der Waals surface area (Å²) in [6, 6.07) is 0. The molecule has 2 unspecified atom stereocenters. The van der Waals surface area contributed by atoms with Gasteiger partial charge in [-0.25, -0.2) is 0 Å². The third-order valence-corrected chi connectivity index (χ3v) is 2.08. The van der Waals surface area contributed by atoms with Gasteiger partial charge in [0.25, 0.3) is 0 Å². The molecule has 0 aromatic rings. The second-order valence-electron chi connectivity index (χ2n) is 3.11. The average molecular weight is 157 g/mol. The first-order valence-electron chi connectivity index (χ1n) is 4.11. The van der Waals surface area contributed by atoms with Crippen LogP contribution in [0.2, 0.25) is 0 Å². The van der Waals surface area contributed by atoms with Crippen LogP contribution in [0.1, 0.15) is 26.7 Å². The van der Waals surface area contributed by atoms with Gasteiger partial charge in [-0.1, -0.05) is 13.5 Å². The maximum Gasteiger partial charge on any atom is 0.0537 e. The summed E-state index contributed by atoms with van der Waals surface area (Å²) < 4.78 is 0. The molecule has 0 amide bonds. The van der Waals surface area contributed by atoms with Gasteiger partial charge in [-0.15, -0.1) is 0 Å². The predicted molar refractivity (Wildman–Crippen MR) is 48.3 cm³/mol. The highest BCUT2D eigenvalue weighted by Crippen LogP contribution is 2.12. The molecule has 0 aliphatic carbocycles. The van der Waals surface area contributed by atoms with Gasteiger partial charge in [-0.2, -0.15) is 0 Å². The molecule has 0 fully saturated rings. The van der Waals surface area contributed by atoms with Crippen molar-refractivity contribution in [2.75, 3.05) is 7.05 Å². The van der Waals surface area contributed by atoms with Crippen LogP contribution in [0.25, 0.3) is 0 Å². The van der Waals surface area contributed by atoms with Crippen LogP contribution >= 0.6 is 0 Å². The molecule has 66 valence electrons. The summed E-state index contributed by atoms with van der Waals surface area (Å²) in [5.41, 5.74) is 1.04. The Balaban J connectivity index is 3.45. The van der Waals surface area contributed by atoms with Crippen LogP contribution in [0, 0.1) is 5.92 Å². The maximum absolute atomic E-state index is 9.16. The molecule has 0 radical (unpaired) electrons. The molecular formula is C9H19NO. The van der Waals surface area contributed by atoms with Crippen molar-refractivity contribution in [3.8, 4) is 0 Å². The molecule has 0 rings (SSSR count). The SMILES string of the molecule is C=C(CCC(C)C(C)O)NC. The Labute approximate surface area is 69.3 Å². The summed E-state index contributed by atoms with van der Waals surface area (Å²) in [6.45, 7) is 7.69. The zero-order valence-electron chi connectivity index (χ0n) is 7.72. The summed E-state index contributed by atoms with van der Waals surface area (Å²) >= 11 is 0. The van der Waals surface area contributed by atoms with Gasteiger partial charge in [0.2, 0.25) is 0 Å². The first-order chi connectivity index (χ1) is 5.07. The lowest BCUT2D eigenvalue weighted by Gasteiger charge is -2.14. The van der Waals surface area contributed by atoms with Crippen LogP contribution in [0.15, 0.2) is 12.3 Å².